The summed E-state index contributed by atoms with van der Waals surface area (Å²) in [4.78, 5) is 30.4. The zero-order chi connectivity index (χ0) is 28.0. The molecule has 2 atom stereocenters. The molecule has 206 valence electrons. The van der Waals surface area contributed by atoms with Gasteiger partial charge in [0.05, 0.1) is 17.7 Å². The Bertz CT molecular complexity index is 1390. The number of sulfonamides is 1. The lowest BCUT2D eigenvalue weighted by Gasteiger charge is -2.33. The van der Waals surface area contributed by atoms with Crippen LogP contribution in [0.5, 0.6) is 0 Å². The van der Waals surface area contributed by atoms with Crippen LogP contribution in [0.25, 0.3) is 0 Å². The molecule has 0 spiro atoms. The van der Waals surface area contributed by atoms with Crippen LogP contribution in [-0.4, -0.2) is 55.9 Å². The molecule has 1 aliphatic rings. The molecule has 2 amide bonds. The van der Waals surface area contributed by atoms with E-state index < -0.39 is 33.9 Å². The van der Waals surface area contributed by atoms with Crippen LogP contribution < -0.4 is 21.6 Å². The number of carbonyl (C=O) groups is 2. The van der Waals surface area contributed by atoms with Crippen molar-refractivity contribution in [3.8, 4) is 0 Å². The van der Waals surface area contributed by atoms with Crippen LogP contribution in [0.15, 0.2) is 77.9 Å². The zero-order valence-corrected chi connectivity index (χ0v) is 23.1. The van der Waals surface area contributed by atoms with Gasteiger partial charge in [0.15, 0.2) is 5.84 Å². The van der Waals surface area contributed by atoms with E-state index in [9.17, 15) is 18.0 Å². The molecule has 0 bridgehead atoms. The predicted molar refractivity (Wildman–Crippen MR) is 152 cm³/mol. The van der Waals surface area contributed by atoms with E-state index in [1.54, 1.807) is 6.07 Å². The molecule has 2 aromatic carbocycles. The van der Waals surface area contributed by atoms with Crippen molar-refractivity contribution >= 4 is 39.0 Å². The molecular formula is C27H32N6O4S2. The summed E-state index contributed by atoms with van der Waals surface area (Å²) >= 11 is 1.36. The van der Waals surface area contributed by atoms with Gasteiger partial charge in [0.2, 0.25) is 21.8 Å². The highest BCUT2D eigenvalue weighted by Crippen LogP contribution is 2.31. The Morgan fingerprint density at radius 2 is 1.67 bits per heavy atom. The topological polar surface area (TPSA) is 160 Å². The molecule has 10 nitrogen and oxygen atoms in total. The normalized spacial score (nSPS) is 16.8. The number of likely N-dealkylation sites (tertiary alicyclic amines) is 1. The van der Waals surface area contributed by atoms with Crippen molar-refractivity contribution in [1.29, 1.82) is 0 Å². The smallest absolute Gasteiger partial charge is 0.243 e. The van der Waals surface area contributed by atoms with Crippen LogP contribution in [-0.2, 0) is 26.2 Å². The number of nitrogens with one attached hydrogen (secondary N) is 2. The average Bonchev–Trinajstić information content (AvgIpc) is 3.61. The third-order valence-electron chi connectivity index (χ3n) is 6.59. The zero-order valence-electron chi connectivity index (χ0n) is 21.5. The number of benzene rings is 2. The lowest BCUT2D eigenvalue weighted by molar-refractivity contribution is -0.140. The summed E-state index contributed by atoms with van der Waals surface area (Å²) < 4.78 is 27.6. The van der Waals surface area contributed by atoms with E-state index in [0.717, 1.165) is 22.3 Å². The molecule has 1 aliphatic heterocycles. The summed E-state index contributed by atoms with van der Waals surface area (Å²) in [6.07, 6.45) is 2.14. The molecule has 0 radical (unpaired) electrons. The second-order valence-electron chi connectivity index (χ2n) is 9.35. The molecule has 0 unspecified atom stereocenters. The van der Waals surface area contributed by atoms with Gasteiger partial charge in [-0.15, -0.1) is 11.3 Å². The van der Waals surface area contributed by atoms with E-state index in [2.05, 4.69) is 15.1 Å². The van der Waals surface area contributed by atoms with Crippen molar-refractivity contribution in [2.24, 2.45) is 16.7 Å². The average molecular weight is 569 g/mol. The Kier molecular flexibility index (Phi) is 9.00. The predicted octanol–water partition coefficient (Wildman–Crippen LogP) is 1.68. The van der Waals surface area contributed by atoms with Crippen LogP contribution in [0.1, 0.15) is 39.6 Å². The standard InChI is InChI=1S/C27H32N6O4S2/c1-39(36,37)32-24(23(18-9-4-2-5-10-18)19-11-6-3-7-12-19)27(35)33-16-8-13-21(33)26(34)30-17-20-14-15-22(38-20)25(28)31-29/h2-7,9-12,14-15,21,23-24,32H,8,13,16-17,29H2,1H3,(H2,28,31)(H,30,34)/t21-,24+/m0/s1. The van der Waals surface area contributed by atoms with Gasteiger partial charge in [-0.3, -0.25) is 9.59 Å². The summed E-state index contributed by atoms with van der Waals surface area (Å²) in [6, 6.07) is 20.3. The summed E-state index contributed by atoms with van der Waals surface area (Å²) in [5.41, 5.74) is 7.32. The van der Waals surface area contributed by atoms with Crippen LogP contribution in [0.3, 0.4) is 0 Å². The van der Waals surface area contributed by atoms with Gasteiger partial charge in [-0.05, 0) is 36.1 Å². The Balaban J connectivity index is 1.59. The maximum Gasteiger partial charge on any atom is 0.243 e. The number of rotatable bonds is 10. The Morgan fingerprint density at radius 1 is 1.05 bits per heavy atom. The van der Waals surface area contributed by atoms with Crippen LogP contribution in [0, 0.1) is 0 Å². The van der Waals surface area contributed by atoms with E-state index in [0.29, 0.717) is 24.3 Å². The van der Waals surface area contributed by atoms with Crippen LogP contribution >= 0.6 is 11.3 Å². The number of nitrogens with two attached hydrogens (primary N) is 2. The van der Waals surface area contributed by atoms with Crippen molar-refractivity contribution < 1.29 is 18.0 Å². The minimum atomic E-state index is -3.78. The fourth-order valence-corrected chi connectivity index (χ4v) is 6.39. The van der Waals surface area contributed by atoms with Gasteiger partial charge >= 0.3 is 0 Å². The van der Waals surface area contributed by atoms with Gasteiger partial charge in [-0.25, -0.2) is 13.1 Å². The van der Waals surface area contributed by atoms with E-state index in [-0.39, 0.29) is 18.3 Å². The fourth-order valence-electron chi connectivity index (χ4n) is 4.84. The number of amidine groups is 1. The first kappa shape index (κ1) is 28.3. The van der Waals surface area contributed by atoms with Crippen molar-refractivity contribution in [3.05, 3.63) is 93.7 Å². The Morgan fingerprint density at radius 3 is 2.23 bits per heavy atom. The highest BCUT2D eigenvalue weighted by atomic mass is 32.2. The quantitative estimate of drug-likeness (QED) is 0.126. The summed E-state index contributed by atoms with van der Waals surface area (Å²) in [6.45, 7) is 0.601. The highest BCUT2D eigenvalue weighted by molar-refractivity contribution is 7.88. The molecule has 1 fully saturated rings. The number of nitrogens with zero attached hydrogens (tertiary/aromatic N) is 2. The summed E-state index contributed by atoms with van der Waals surface area (Å²) in [5.74, 6) is 4.11. The van der Waals surface area contributed by atoms with E-state index in [1.807, 2.05) is 66.7 Å². The van der Waals surface area contributed by atoms with Gasteiger partial charge in [-0.1, -0.05) is 60.7 Å². The molecule has 4 rings (SSSR count). The van der Waals surface area contributed by atoms with Crippen molar-refractivity contribution in [1.82, 2.24) is 14.9 Å². The molecule has 2 heterocycles. The van der Waals surface area contributed by atoms with Gasteiger partial charge < -0.3 is 21.8 Å². The molecule has 6 N–H and O–H groups in total. The molecule has 39 heavy (non-hydrogen) atoms. The summed E-state index contributed by atoms with van der Waals surface area (Å²) in [5, 5.41) is 6.39. The van der Waals surface area contributed by atoms with Crippen molar-refractivity contribution in [2.75, 3.05) is 12.8 Å². The first-order valence-corrected chi connectivity index (χ1v) is 15.2. The first-order valence-electron chi connectivity index (χ1n) is 12.5. The first-order chi connectivity index (χ1) is 18.7. The number of hydrogen-bond donors (Lipinski definition) is 4. The highest BCUT2D eigenvalue weighted by Gasteiger charge is 2.41. The van der Waals surface area contributed by atoms with Gasteiger partial charge in [-0.2, -0.15) is 5.10 Å². The molecule has 1 saturated heterocycles. The van der Waals surface area contributed by atoms with Crippen LogP contribution in [0.4, 0.5) is 0 Å². The number of carbonyl (C=O) groups excluding carboxylic acids is 2. The molecular weight excluding hydrogens is 536 g/mol. The van der Waals surface area contributed by atoms with Crippen molar-refractivity contribution in [2.45, 2.75) is 37.4 Å². The van der Waals surface area contributed by atoms with E-state index >= 15 is 0 Å². The molecule has 3 aromatic rings. The Hall–Kier alpha value is -3.74. The SMILES string of the molecule is CS(=O)(=O)N[C@@H](C(=O)N1CCC[C@H]1C(=O)NCc1ccc(C(N)=NN)s1)C(c1ccccc1)c1ccccc1. The number of hydrogen-bond acceptors (Lipinski definition) is 7. The maximum atomic E-state index is 14.1. The lowest BCUT2D eigenvalue weighted by atomic mass is 9.84. The molecule has 1 aromatic heterocycles. The van der Waals surface area contributed by atoms with Crippen LogP contribution in [0.2, 0.25) is 0 Å². The number of thiophene rings is 1. The van der Waals surface area contributed by atoms with Gasteiger partial charge in [0.25, 0.3) is 0 Å². The number of hydrazone groups is 1. The number of amides is 2. The molecule has 0 saturated carbocycles. The molecule has 0 aliphatic carbocycles. The lowest BCUT2D eigenvalue weighted by Crippen LogP contribution is -2.55. The van der Waals surface area contributed by atoms with Crippen molar-refractivity contribution in [3.63, 3.8) is 0 Å². The second-order valence-corrected chi connectivity index (χ2v) is 12.3. The largest absolute Gasteiger partial charge is 0.381 e. The Labute approximate surface area is 232 Å². The fraction of sp³-hybridized carbons (Fsp3) is 0.296. The summed E-state index contributed by atoms with van der Waals surface area (Å²) in [7, 11) is -3.78. The monoisotopic (exact) mass is 568 g/mol. The minimum absolute atomic E-state index is 0.209. The second kappa shape index (κ2) is 12.4. The van der Waals surface area contributed by atoms with Gasteiger partial charge in [0.1, 0.15) is 12.1 Å². The third kappa shape index (κ3) is 7.02. The van der Waals surface area contributed by atoms with Gasteiger partial charge in [0, 0.05) is 17.3 Å². The maximum absolute atomic E-state index is 14.1. The van der Waals surface area contributed by atoms with E-state index in [1.165, 1.54) is 16.2 Å². The molecule has 12 heteroatoms. The third-order valence-corrected chi connectivity index (χ3v) is 8.38. The van der Waals surface area contributed by atoms with E-state index in [4.69, 9.17) is 11.6 Å². The minimum Gasteiger partial charge on any atom is -0.381 e.